The lowest BCUT2D eigenvalue weighted by Gasteiger charge is -2.05. The predicted molar refractivity (Wildman–Crippen MR) is 76.5 cm³/mol. The number of ether oxygens (including phenoxy) is 1. The van der Waals surface area contributed by atoms with E-state index in [2.05, 4.69) is 15.5 Å². The summed E-state index contributed by atoms with van der Waals surface area (Å²) >= 11 is 1.28. The van der Waals surface area contributed by atoms with E-state index < -0.39 is 0 Å². The van der Waals surface area contributed by atoms with Crippen molar-refractivity contribution in [1.82, 2.24) is 10.1 Å². The summed E-state index contributed by atoms with van der Waals surface area (Å²) in [6, 6.07) is 0. The summed E-state index contributed by atoms with van der Waals surface area (Å²) in [7, 11) is 1.52. The number of nitrogen functional groups attached to an aromatic ring is 1. The monoisotopic (exact) mass is 296 g/mol. The second-order valence-corrected chi connectivity index (χ2v) is 5.20. The Labute approximate surface area is 120 Å². The SMILES string of the molecule is COc1c(NCCc2nc(C)no2)sc(C(C)=O)c1N. The molecule has 0 spiro atoms. The van der Waals surface area contributed by atoms with Crippen molar-refractivity contribution in [3.8, 4) is 5.75 Å². The molecule has 0 aliphatic carbocycles. The first kappa shape index (κ1) is 14.3. The van der Waals surface area contributed by atoms with Crippen LogP contribution in [0.3, 0.4) is 0 Å². The Hall–Kier alpha value is -2.09. The average molecular weight is 296 g/mol. The third-order valence-corrected chi connectivity index (χ3v) is 3.86. The van der Waals surface area contributed by atoms with Gasteiger partial charge in [-0.25, -0.2) is 0 Å². The van der Waals surface area contributed by atoms with Gasteiger partial charge in [0.2, 0.25) is 5.89 Å². The highest BCUT2D eigenvalue weighted by Gasteiger charge is 2.19. The van der Waals surface area contributed by atoms with Gasteiger partial charge in [0, 0.05) is 19.9 Å². The van der Waals surface area contributed by atoms with Crippen LogP contribution < -0.4 is 15.8 Å². The van der Waals surface area contributed by atoms with Crippen molar-refractivity contribution in [3.05, 3.63) is 16.6 Å². The molecule has 2 rings (SSSR count). The first-order valence-corrected chi connectivity index (χ1v) is 6.84. The maximum atomic E-state index is 11.5. The van der Waals surface area contributed by atoms with Gasteiger partial charge in [0.1, 0.15) is 5.00 Å². The zero-order valence-electron chi connectivity index (χ0n) is 11.5. The molecule has 0 fully saturated rings. The number of aromatic nitrogens is 2. The van der Waals surface area contributed by atoms with Gasteiger partial charge in [-0.1, -0.05) is 5.16 Å². The van der Waals surface area contributed by atoms with E-state index in [1.165, 1.54) is 25.4 Å². The first-order valence-electron chi connectivity index (χ1n) is 6.03. The molecule has 0 aromatic carbocycles. The smallest absolute Gasteiger partial charge is 0.228 e. The summed E-state index contributed by atoms with van der Waals surface area (Å²) < 4.78 is 10.3. The Morgan fingerprint density at radius 3 is 2.85 bits per heavy atom. The molecule has 0 unspecified atom stereocenters. The number of methoxy groups -OCH3 is 1. The highest BCUT2D eigenvalue weighted by atomic mass is 32.1. The molecule has 2 aromatic rings. The second kappa shape index (κ2) is 5.91. The van der Waals surface area contributed by atoms with Crippen molar-refractivity contribution < 1.29 is 14.1 Å². The molecule has 0 aliphatic heterocycles. The van der Waals surface area contributed by atoms with Crippen LogP contribution in [0.2, 0.25) is 0 Å². The number of hydrogen-bond donors (Lipinski definition) is 2. The quantitative estimate of drug-likeness (QED) is 0.784. The van der Waals surface area contributed by atoms with Gasteiger partial charge in [0.25, 0.3) is 0 Å². The molecule has 0 radical (unpaired) electrons. The maximum absolute atomic E-state index is 11.5. The maximum Gasteiger partial charge on any atom is 0.228 e. The van der Waals surface area contributed by atoms with E-state index in [0.717, 1.165) is 5.00 Å². The van der Waals surface area contributed by atoms with Gasteiger partial charge in [-0.15, -0.1) is 11.3 Å². The number of carbonyl (C=O) groups excluding carboxylic acids is 1. The van der Waals surface area contributed by atoms with Crippen molar-refractivity contribution in [2.75, 3.05) is 24.7 Å². The Kier molecular flexibility index (Phi) is 4.23. The fraction of sp³-hybridized carbons (Fsp3) is 0.417. The minimum absolute atomic E-state index is 0.0774. The predicted octanol–water partition coefficient (Wildman–Crippen LogP) is 1.89. The van der Waals surface area contributed by atoms with Crippen molar-refractivity contribution in [1.29, 1.82) is 0 Å². The van der Waals surface area contributed by atoms with Gasteiger partial charge in [-0.2, -0.15) is 4.98 Å². The topological polar surface area (TPSA) is 103 Å². The Bertz CT molecular complexity index is 620. The van der Waals surface area contributed by atoms with E-state index >= 15 is 0 Å². The number of anilines is 2. The van der Waals surface area contributed by atoms with Crippen LogP contribution in [0.25, 0.3) is 0 Å². The van der Waals surface area contributed by atoms with E-state index in [0.29, 0.717) is 41.0 Å². The highest BCUT2D eigenvalue weighted by molar-refractivity contribution is 7.19. The lowest BCUT2D eigenvalue weighted by atomic mass is 10.3. The Morgan fingerprint density at radius 1 is 1.55 bits per heavy atom. The molecule has 2 heterocycles. The van der Waals surface area contributed by atoms with E-state index in [9.17, 15) is 4.79 Å². The number of rotatable bonds is 6. The minimum atomic E-state index is -0.0774. The van der Waals surface area contributed by atoms with Gasteiger partial charge in [-0.3, -0.25) is 4.79 Å². The molecule has 0 bridgehead atoms. The summed E-state index contributed by atoms with van der Waals surface area (Å²) in [6.45, 7) is 3.82. The van der Waals surface area contributed by atoms with Crippen LogP contribution in [0.15, 0.2) is 4.52 Å². The molecular weight excluding hydrogens is 280 g/mol. The zero-order valence-corrected chi connectivity index (χ0v) is 12.3. The zero-order chi connectivity index (χ0) is 14.7. The fourth-order valence-electron chi connectivity index (χ4n) is 1.73. The van der Waals surface area contributed by atoms with Crippen LogP contribution in [0.4, 0.5) is 10.7 Å². The molecule has 20 heavy (non-hydrogen) atoms. The van der Waals surface area contributed by atoms with Crippen LogP contribution in [-0.2, 0) is 6.42 Å². The van der Waals surface area contributed by atoms with Crippen LogP contribution in [-0.4, -0.2) is 29.6 Å². The number of nitrogens with zero attached hydrogens (tertiary/aromatic N) is 2. The fourth-order valence-corrected chi connectivity index (χ4v) is 2.74. The number of hydrogen-bond acceptors (Lipinski definition) is 8. The molecule has 0 atom stereocenters. The van der Waals surface area contributed by atoms with E-state index in [1.807, 2.05) is 0 Å². The average Bonchev–Trinajstić information content (AvgIpc) is 2.94. The lowest BCUT2D eigenvalue weighted by molar-refractivity contribution is 0.102. The van der Waals surface area contributed by atoms with E-state index in [-0.39, 0.29) is 5.78 Å². The summed E-state index contributed by atoms with van der Waals surface area (Å²) in [5, 5.41) is 7.62. The molecular formula is C12H16N4O3S. The molecule has 2 aromatic heterocycles. The van der Waals surface area contributed by atoms with E-state index in [1.54, 1.807) is 6.92 Å². The first-order chi connectivity index (χ1) is 9.52. The second-order valence-electron chi connectivity index (χ2n) is 4.18. The molecule has 0 saturated heterocycles. The van der Waals surface area contributed by atoms with Gasteiger partial charge in [0.05, 0.1) is 17.7 Å². The Morgan fingerprint density at radius 2 is 2.30 bits per heavy atom. The minimum Gasteiger partial charge on any atom is -0.492 e. The molecule has 7 nitrogen and oxygen atoms in total. The van der Waals surface area contributed by atoms with Gasteiger partial charge < -0.3 is 20.3 Å². The summed E-state index contributed by atoms with van der Waals surface area (Å²) in [6.07, 6.45) is 0.581. The normalized spacial score (nSPS) is 10.6. The highest BCUT2D eigenvalue weighted by Crippen LogP contribution is 2.42. The van der Waals surface area contributed by atoms with Gasteiger partial charge in [0.15, 0.2) is 17.4 Å². The number of nitrogens with two attached hydrogens (primary N) is 1. The molecule has 0 amide bonds. The number of Topliss-reactive ketones (excluding diaryl/α,β-unsaturated/α-hetero) is 1. The van der Waals surface area contributed by atoms with Crippen molar-refractivity contribution in [2.45, 2.75) is 20.3 Å². The largest absolute Gasteiger partial charge is 0.492 e. The molecule has 108 valence electrons. The standard InChI is InChI=1S/C12H16N4O3S/c1-6(17)11-9(13)10(18-3)12(20-11)14-5-4-8-15-7(2)16-19-8/h14H,4-5,13H2,1-3H3. The van der Waals surface area contributed by atoms with Crippen molar-refractivity contribution >= 4 is 27.8 Å². The van der Waals surface area contributed by atoms with Crippen LogP contribution in [0.1, 0.15) is 28.3 Å². The molecule has 3 N–H and O–H groups in total. The van der Waals surface area contributed by atoms with Crippen LogP contribution in [0.5, 0.6) is 5.75 Å². The number of thiophene rings is 1. The van der Waals surface area contributed by atoms with Crippen LogP contribution >= 0.6 is 11.3 Å². The van der Waals surface area contributed by atoms with Crippen molar-refractivity contribution in [2.24, 2.45) is 0 Å². The summed E-state index contributed by atoms with van der Waals surface area (Å²) in [4.78, 5) is 16.1. The van der Waals surface area contributed by atoms with Crippen molar-refractivity contribution in [3.63, 3.8) is 0 Å². The summed E-state index contributed by atoms with van der Waals surface area (Å²) in [5.41, 5.74) is 6.26. The number of aryl methyl sites for hydroxylation is 1. The third-order valence-electron chi connectivity index (χ3n) is 2.62. The number of ketones is 1. The number of carbonyl (C=O) groups is 1. The summed E-state index contributed by atoms with van der Waals surface area (Å²) in [5.74, 6) is 1.59. The molecule has 0 aliphatic rings. The van der Waals surface area contributed by atoms with Gasteiger partial charge >= 0.3 is 0 Å². The van der Waals surface area contributed by atoms with E-state index in [4.69, 9.17) is 15.0 Å². The Balaban J connectivity index is 2.05. The van der Waals surface area contributed by atoms with Crippen LogP contribution in [0, 0.1) is 6.92 Å². The third kappa shape index (κ3) is 2.90. The molecule has 0 saturated carbocycles. The number of nitrogens with one attached hydrogen (secondary N) is 1. The van der Waals surface area contributed by atoms with Gasteiger partial charge in [-0.05, 0) is 6.92 Å². The molecule has 8 heteroatoms. The lowest BCUT2D eigenvalue weighted by Crippen LogP contribution is -2.05.